The van der Waals surface area contributed by atoms with Crippen molar-refractivity contribution < 1.29 is 23.6 Å². The molecule has 0 bridgehead atoms. The SMILES string of the molecule is NC(=O)N1C(=O)[C@@H]2[C@H](c3cccs3)c3sc(=O)n(CC(=O)Nc4ccc(F)cc4)c3S[C@@H]2C1=O. The zero-order valence-corrected chi connectivity index (χ0v) is 19.5. The number of thiazole rings is 1. The van der Waals surface area contributed by atoms with Gasteiger partial charge in [-0.3, -0.25) is 23.7 Å². The van der Waals surface area contributed by atoms with Crippen molar-refractivity contribution in [2.45, 2.75) is 22.7 Å². The van der Waals surface area contributed by atoms with Gasteiger partial charge in [0, 0.05) is 21.4 Å². The van der Waals surface area contributed by atoms with Crippen LogP contribution >= 0.6 is 34.4 Å². The van der Waals surface area contributed by atoms with Crippen molar-refractivity contribution in [3.05, 3.63) is 67.0 Å². The van der Waals surface area contributed by atoms with E-state index in [9.17, 15) is 28.4 Å². The average molecular weight is 519 g/mol. The van der Waals surface area contributed by atoms with E-state index in [4.69, 9.17) is 5.73 Å². The fourth-order valence-electron chi connectivity index (χ4n) is 4.12. The monoisotopic (exact) mass is 518 g/mol. The number of amides is 5. The first-order valence-corrected chi connectivity index (χ1v) is 12.5. The van der Waals surface area contributed by atoms with Crippen LogP contribution < -0.4 is 15.9 Å². The summed E-state index contributed by atoms with van der Waals surface area (Å²) < 4.78 is 14.4. The molecule has 4 heterocycles. The normalized spacial score (nSPS) is 21.3. The molecule has 2 aliphatic heterocycles. The number of fused-ring (bicyclic) bond motifs is 2. The van der Waals surface area contributed by atoms with Crippen LogP contribution in [0.1, 0.15) is 15.7 Å². The standard InChI is InChI=1S/C21H15FN4O5S3/c22-9-3-5-10(6-4-9)24-12(27)8-25-19-16(34-21(25)31)13(11-2-1-7-32-11)14-15(33-19)18(29)26(17(14)28)20(23)30/h1-7,13-15H,8H2,(H2,23,30)(H,24,27)/t13-,14+,15-/m0/s1. The van der Waals surface area contributed by atoms with Gasteiger partial charge in [0.25, 0.3) is 5.91 Å². The average Bonchev–Trinajstić information content (AvgIpc) is 3.48. The molecule has 1 saturated heterocycles. The second-order valence-corrected chi connectivity index (χ2v) is 10.7. The van der Waals surface area contributed by atoms with E-state index in [0.717, 1.165) is 28.0 Å². The molecule has 0 spiro atoms. The highest BCUT2D eigenvalue weighted by Gasteiger charge is 2.58. The van der Waals surface area contributed by atoms with Crippen molar-refractivity contribution in [1.29, 1.82) is 0 Å². The lowest BCUT2D eigenvalue weighted by atomic mass is 9.87. The number of benzene rings is 1. The number of likely N-dealkylation sites (tertiary alicyclic amines) is 1. The number of nitrogens with one attached hydrogen (secondary N) is 1. The second-order valence-electron chi connectivity index (χ2n) is 7.59. The van der Waals surface area contributed by atoms with Crippen molar-refractivity contribution in [2.75, 3.05) is 5.32 Å². The number of nitrogens with two attached hydrogens (primary N) is 1. The highest BCUT2D eigenvalue weighted by Crippen LogP contribution is 2.53. The van der Waals surface area contributed by atoms with Gasteiger partial charge in [0.15, 0.2) is 0 Å². The van der Waals surface area contributed by atoms with Crippen molar-refractivity contribution >= 4 is 63.9 Å². The number of thiophene rings is 1. The van der Waals surface area contributed by atoms with E-state index in [-0.39, 0.29) is 6.54 Å². The van der Waals surface area contributed by atoms with Crippen LogP contribution in [0, 0.1) is 11.7 Å². The molecule has 5 amide bonds. The minimum atomic E-state index is -1.14. The van der Waals surface area contributed by atoms with Gasteiger partial charge in [0.2, 0.25) is 11.8 Å². The molecule has 2 aromatic heterocycles. The van der Waals surface area contributed by atoms with Gasteiger partial charge in [-0.25, -0.2) is 9.18 Å². The van der Waals surface area contributed by atoms with E-state index in [2.05, 4.69) is 5.32 Å². The van der Waals surface area contributed by atoms with Crippen molar-refractivity contribution in [3.8, 4) is 0 Å². The Hall–Kier alpha value is -3.29. The van der Waals surface area contributed by atoms with E-state index in [1.165, 1.54) is 40.2 Å². The van der Waals surface area contributed by atoms with Crippen molar-refractivity contribution in [3.63, 3.8) is 0 Å². The number of thioether (sulfide) groups is 1. The number of halogens is 1. The number of aromatic nitrogens is 1. The Kier molecular flexibility index (Phi) is 5.62. The van der Waals surface area contributed by atoms with Crippen LogP contribution in [-0.4, -0.2) is 38.5 Å². The third-order valence-corrected chi connectivity index (χ3v) is 9.11. The topological polar surface area (TPSA) is 132 Å². The van der Waals surface area contributed by atoms with Crippen LogP contribution in [0.15, 0.2) is 51.6 Å². The van der Waals surface area contributed by atoms with Gasteiger partial charge in [-0.15, -0.1) is 11.3 Å². The van der Waals surface area contributed by atoms with Crippen molar-refractivity contribution in [1.82, 2.24) is 9.47 Å². The number of hydrogen-bond donors (Lipinski definition) is 2. The summed E-state index contributed by atoms with van der Waals surface area (Å²) in [7, 11) is 0. The van der Waals surface area contributed by atoms with Gasteiger partial charge in [0.05, 0.1) is 10.9 Å². The Morgan fingerprint density at radius 2 is 1.82 bits per heavy atom. The molecular weight excluding hydrogens is 503 g/mol. The van der Waals surface area contributed by atoms with E-state index >= 15 is 0 Å². The zero-order chi connectivity index (χ0) is 24.1. The van der Waals surface area contributed by atoms with Crippen LogP contribution in [0.5, 0.6) is 0 Å². The van der Waals surface area contributed by atoms with Gasteiger partial charge in [-0.05, 0) is 35.7 Å². The third-order valence-electron chi connectivity index (χ3n) is 5.55. The first-order valence-electron chi connectivity index (χ1n) is 9.92. The summed E-state index contributed by atoms with van der Waals surface area (Å²) in [5.74, 6) is -3.91. The molecule has 0 aliphatic carbocycles. The number of hydrogen-bond acceptors (Lipinski definition) is 8. The van der Waals surface area contributed by atoms with Crippen molar-refractivity contribution in [2.24, 2.45) is 11.7 Å². The number of carbonyl (C=O) groups excluding carboxylic acids is 4. The molecule has 174 valence electrons. The molecular formula is C21H15FN4O5S3. The summed E-state index contributed by atoms with van der Waals surface area (Å²) in [6.07, 6.45) is 0. The maximum absolute atomic E-state index is 13.1. The molecule has 0 unspecified atom stereocenters. The number of rotatable bonds is 4. The third kappa shape index (κ3) is 3.65. The Balaban J connectivity index is 1.53. The highest BCUT2D eigenvalue weighted by atomic mass is 32.2. The lowest BCUT2D eigenvalue weighted by molar-refractivity contribution is -0.135. The summed E-state index contributed by atoms with van der Waals surface area (Å²) in [4.78, 5) is 64.6. The number of primary amides is 1. The lowest BCUT2D eigenvalue weighted by Crippen LogP contribution is -2.41. The van der Waals surface area contributed by atoms with Crippen LogP contribution in [-0.2, 0) is 20.9 Å². The smallest absolute Gasteiger partial charge is 0.328 e. The van der Waals surface area contributed by atoms with E-state index in [0.29, 0.717) is 20.5 Å². The maximum Gasteiger partial charge on any atom is 0.328 e. The van der Waals surface area contributed by atoms with Gasteiger partial charge < -0.3 is 11.1 Å². The summed E-state index contributed by atoms with van der Waals surface area (Å²) in [6.45, 7) is -0.342. The summed E-state index contributed by atoms with van der Waals surface area (Å²) >= 11 is 3.25. The van der Waals surface area contributed by atoms with Crippen LogP contribution in [0.25, 0.3) is 0 Å². The molecule has 1 aromatic carbocycles. The largest absolute Gasteiger partial charge is 0.351 e. The molecule has 13 heteroatoms. The van der Waals surface area contributed by atoms with Gasteiger partial charge in [0.1, 0.15) is 17.6 Å². The van der Waals surface area contributed by atoms with Crippen LogP contribution in [0.3, 0.4) is 0 Å². The number of urea groups is 1. The lowest BCUT2D eigenvalue weighted by Gasteiger charge is -2.29. The first kappa shape index (κ1) is 22.5. The molecule has 0 saturated carbocycles. The van der Waals surface area contributed by atoms with E-state index in [1.807, 2.05) is 5.38 Å². The molecule has 3 aromatic rings. The predicted octanol–water partition coefficient (Wildman–Crippen LogP) is 2.42. The number of nitrogens with zero attached hydrogens (tertiary/aromatic N) is 2. The zero-order valence-electron chi connectivity index (χ0n) is 17.1. The molecule has 0 radical (unpaired) electrons. The number of carbonyl (C=O) groups is 4. The molecule has 9 nitrogen and oxygen atoms in total. The second kappa shape index (κ2) is 8.49. The highest BCUT2D eigenvalue weighted by molar-refractivity contribution is 8.00. The van der Waals surface area contributed by atoms with Gasteiger partial charge in [-0.2, -0.15) is 4.90 Å². The molecule has 34 heavy (non-hydrogen) atoms. The molecule has 2 aliphatic rings. The number of anilines is 1. The van der Waals surface area contributed by atoms with E-state index < -0.39 is 51.5 Å². The maximum atomic E-state index is 13.1. The molecule has 3 N–H and O–H groups in total. The minimum absolute atomic E-state index is 0.342. The number of imide groups is 3. The Morgan fingerprint density at radius 1 is 1.09 bits per heavy atom. The Bertz CT molecular complexity index is 1380. The summed E-state index contributed by atoms with van der Waals surface area (Å²) in [5.41, 5.74) is 5.65. The minimum Gasteiger partial charge on any atom is -0.351 e. The molecule has 1 fully saturated rings. The fourth-order valence-corrected chi connectivity index (χ4v) is 7.85. The van der Waals surface area contributed by atoms with Crippen LogP contribution in [0.4, 0.5) is 14.9 Å². The quantitative estimate of drug-likeness (QED) is 0.510. The summed E-state index contributed by atoms with van der Waals surface area (Å²) in [6, 6.07) is 7.63. The van der Waals surface area contributed by atoms with E-state index in [1.54, 1.807) is 12.1 Å². The molecule has 5 rings (SSSR count). The Labute approximate surface area is 203 Å². The first-order chi connectivity index (χ1) is 16.3. The predicted molar refractivity (Wildman–Crippen MR) is 124 cm³/mol. The summed E-state index contributed by atoms with van der Waals surface area (Å²) in [5, 5.41) is 3.86. The van der Waals surface area contributed by atoms with Crippen LogP contribution in [0.2, 0.25) is 0 Å². The fraction of sp³-hybridized carbons (Fsp3) is 0.190. The molecule has 3 atom stereocenters. The Morgan fingerprint density at radius 3 is 2.47 bits per heavy atom. The van der Waals surface area contributed by atoms with Gasteiger partial charge >= 0.3 is 10.9 Å². The van der Waals surface area contributed by atoms with Gasteiger partial charge in [-0.1, -0.05) is 29.2 Å².